The Morgan fingerprint density at radius 1 is 1.21 bits per heavy atom. The van der Waals surface area contributed by atoms with E-state index >= 15 is 0 Å². The van der Waals surface area contributed by atoms with E-state index in [1.54, 1.807) is 11.8 Å². The number of likely N-dealkylation sites (tertiary alicyclic amines) is 1. The van der Waals surface area contributed by atoms with Gasteiger partial charge in [0.1, 0.15) is 11.6 Å². The van der Waals surface area contributed by atoms with E-state index in [1.165, 1.54) is 12.1 Å². The third kappa shape index (κ3) is 3.98. The van der Waals surface area contributed by atoms with Crippen molar-refractivity contribution >= 4 is 21.5 Å². The summed E-state index contributed by atoms with van der Waals surface area (Å²) in [5, 5.41) is -0.684. The Kier molecular flexibility index (Phi) is 5.91. The number of rotatable bonds is 6. The van der Waals surface area contributed by atoms with Crippen molar-refractivity contribution in [1.29, 1.82) is 0 Å². The fourth-order valence-electron chi connectivity index (χ4n) is 5.04. The highest BCUT2D eigenvalue weighted by Gasteiger charge is 2.53. The molecule has 0 spiro atoms. The molecule has 1 amide bonds. The number of sulfone groups is 1. The smallest absolute Gasteiger partial charge is 0.228 e. The standard InChI is InChI=1S/C22H30FNO4S/c1-4-10-22(12-11-21(3,15-22)16(2)25)20(26)24-13-9-19(14-24)29(27,28)18-7-5-17(23)6-8-18/h5-8,19H,4,9-15H2,1-3H3. The summed E-state index contributed by atoms with van der Waals surface area (Å²) in [6, 6.07) is 4.84. The summed E-state index contributed by atoms with van der Waals surface area (Å²) in [4.78, 5) is 27.4. The Morgan fingerprint density at radius 3 is 2.41 bits per heavy atom. The van der Waals surface area contributed by atoms with Crippen LogP contribution in [0.4, 0.5) is 4.39 Å². The number of carbonyl (C=O) groups is 2. The zero-order valence-corrected chi connectivity index (χ0v) is 18.2. The fourth-order valence-corrected chi connectivity index (χ4v) is 6.73. The molecule has 1 saturated carbocycles. The van der Waals surface area contributed by atoms with Gasteiger partial charge in [-0.2, -0.15) is 0 Å². The minimum atomic E-state index is -3.63. The van der Waals surface area contributed by atoms with E-state index < -0.39 is 31.7 Å². The number of Topliss-reactive ketones (excluding diaryl/α,β-unsaturated/α-hetero) is 1. The van der Waals surface area contributed by atoms with Crippen molar-refractivity contribution in [3.05, 3.63) is 30.1 Å². The average Bonchev–Trinajstić information content (AvgIpc) is 3.29. The van der Waals surface area contributed by atoms with Gasteiger partial charge in [-0.3, -0.25) is 9.59 Å². The van der Waals surface area contributed by atoms with E-state index in [-0.39, 0.29) is 23.1 Å². The first-order valence-electron chi connectivity index (χ1n) is 10.3. The first kappa shape index (κ1) is 21.9. The van der Waals surface area contributed by atoms with Crippen LogP contribution in [-0.4, -0.2) is 43.3 Å². The number of ketones is 1. The van der Waals surface area contributed by atoms with Crippen molar-refractivity contribution < 1.29 is 22.4 Å². The molecule has 1 aromatic carbocycles. The number of nitrogens with zero attached hydrogens (tertiary/aromatic N) is 1. The van der Waals surface area contributed by atoms with Crippen LogP contribution in [0.2, 0.25) is 0 Å². The molecule has 3 atom stereocenters. The molecule has 1 aliphatic heterocycles. The zero-order chi connectivity index (χ0) is 21.4. The molecule has 1 heterocycles. The number of benzene rings is 1. The first-order chi connectivity index (χ1) is 13.5. The van der Waals surface area contributed by atoms with Gasteiger partial charge in [0.15, 0.2) is 9.84 Å². The van der Waals surface area contributed by atoms with Gasteiger partial charge in [0.25, 0.3) is 0 Å². The van der Waals surface area contributed by atoms with Crippen molar-refractivity contribution in [2.75, 3.05) is 13.1 Å². The van der Waals surface area contributed by atoms with Crippen LogP contribution in [0.1, 0.15) is 59.3 Å². The first-order valence-corrected chi connectivity index (χ1v) is 11.9. The van der Waals surface area contributed by atoms with E-state index in [1.807, 2.05) is 13.8 Å². The van der Waals surface area contributed by atoms with Crippen LogP contribution >= 0.6 is 0 Å². The number of carbonyl (C=O) groups excluding carboxylic acids is 2. The fraction of sp³-hybridized carbons (Fsp3) is 0.636. The summed E-state index contributed by atoms with van der Waals surface area (Å²) in [5.74, 6) is -0.383. The highest BCUT2D eigenvalue weighted by atomic mass is 32.2. The van der Waals surface area contributed by atoms with Crippen LogP contribution in [0.3, 0.4) is 0 Å². The van der Waals surface area contributed by atoms with Crippen LogP contribution < -0.4 is 0 Å². The third-order valence-corrected chi connectivity index (χ3v) is 9.12. The summed E-state index contributed by atoms with van der Waals surface area (Å²) in [7, 11) is -3.63. The lowest BCUT2D eigenvalue weighted by molar-refractivity contribution is -0.142. The number of amides is 1. The van der Waals surface area contributed by atoms with Gasteiger partial charge in [-0.25, -0.2) is 12.8 Å². The Hall–Kier alpha value is -1.76. The summed E-state index contributed by atoms with van der Waals surface area (Å²) < 4.78 is 39.0. The molecule has 3 rings (SSSR count). The van der Waals surface area contributed by atoms with Gasteiger partial charge in [0, 0.05) is 18.5 Å². The minimum absolute atomic E-state index is 0.0128. The molecule has 1 saturated heterocycles. The molecular formula is C22H30FNO4S. The van der Waals surface area contributed by atoms with Gasteiger partial charge in [-0.05, 0) is 63.3 Å². The van der Waals surface area contributed by atoms with Crippen LogP contribution in [0.15, 0.2) is 29.2 Å². The van der Waals surface area contributed by atoms with Gasteiger partial charge < -0.3 is 4.90 Å². The van der Waals surface area contributed by atoms with Crippen molar-refractivity contribution in [3.8, 4) is 0 Å². The maximum Gasteiger partial charge on any atom is 0.228 e. The van der Waals surface area contributed by atoms with E-state index in [9.17, 15) is 22.4 Å². The monoisotopic (exact) mass is 423 g/mol. The summed E-state index contributed by atoms with van der Waals surface area (Å²) in [6.07, 6.45) is 3.82. The van der Waals surface area contributed by atoms with Crippen LogP contribution in [0, 0.1) is 16.6 Å². The van der Waals surface area contributed by atoms with Crippen molar-refractivity contribution in [3.63, 3.8) is 0 Å². The second-order valence-corrected chi connectivity index (χ2v) is 11.2. The molecule has 160 valence electrons. The zero-order valence-electron chi connectivity index (χ0n) is 17.4. The van der Waals surface area contributed by atoms with Crippen molar-refractivity contribution in [2.45, 2.75) is 69.4 Å². The molecule has 0 radical (unpaired) electrons. The van der Waals surface area contributed by atoms with Gasteiger partial charge >= 0.3 is 0 Å². The second-order valence-electron chi connectivity index (χ2n) is 8.98. The molecule has 7 heteroatoms. The molecule has 2 aliphatic rings. The lowest BCUT2D eigenvalue weighted by Gasteiger charge is -2.34. The highest BCUT2D eigenvalue weighted by Crippen LogP contribution is 2.53. The number of hydrogen-bond acceptors (Lipinski definition) is 4. The minimum Gasteiger partial charge on any atom is -0.341 e. The van der Waals surface area contributed by atoms with Crippen molar-refractivity contribution in [2.24, 2.45) is 10.8 Å². The normalized spacial score (nSPS) is 29.9. The summed E-state index contributed by atoms with van der Waals surface area (Å²) >= 11 is 0. The van der Waals surface area contributed by atoms with Gasteiger partial charge in [0.2, 0.25) is 5.91 Å². The average molecular weight is 424 g/mol. The molecule has 0 N–H and O–H groups in total. The molecular weight excluding hydrogens is 393 g/mol. The van der Waals surface area contributed by atoms with E-state index in [2.05, 4.69) is 0 Å². The molecule has 3 unspecified atom stereocenters. The number of hydrogen-bond donors (Lipinski definition) is 0. The SMILES string of the molecule is CCCC1(C(=O)N2CCC(S(=O)(=O)c3ccc(F)cc3)C2)CCC(C)(C(C)=O)C1. The molecule has 0 bridgehead atoms. The van der Waals surface area contributed by atoms with Gasteiger partial charge in [0.05, 0.1) is 15.6 Å². The largest absolute Gasteiger partial charge is 0.341 e. The number of halogens is 1. The maximum atomic E-state index is 13.5. The third-order valence-electron chi connectivity index (χ3n) is 6.93. The van der Waals surface area contributed by atoms with Gasteiger partial charge in [-0.1, -0.05) is 20.3 Å². The molecule has 2 fully saturated rings. The second kappa shape index (κ2) is 7.82. The predicted molar refractivity (Wildman–Crippen MR) is 109 cm³/mol. The lowest BCUT2D eigenvalue weighted by Crippen LogP contribution is -2.43. The van der Waals surface area contributed by atoms with E-state index in [4.69, 9.17) is 0 Å². The van der Waals surface area contributed by atoms with E-state index in [0.29, 0.717) is 38.6 Å². The van der Waals surface area contributed by atoms with Crippen LogP contribution in [0.25, 0.3) is 0 Å². The van der Waals surface area contributed by atoms with Crippen LogP contribution in [-0.2, 0) is 19.4 Å². The summed E-state index contributed by atoms with van der Waals surface area (Å²) in [5.41, 5.74) is -1.06. The Balaban J connectivity index is 1.78. The molecule has 1 aromatic rings. The van der Waals surface area contributed by atoms with Crippen molar-refractivity contribution in [1.82, 2.24) is 4.90 Å². The Labute approximate surface area is 172 Å². The molecule has 5 nitrogen and oxygen atoms in total. The Bertz CT molecular complexity index is 898. The summed E-state index contributed by atoms with van der Waals surface area (Å²) in [6.45, 7) is 6.11. The Morgan fingerprint density at radius 2 is 1.86 bits per heavy atom. The predicted octanol–water partition coefficient (Wildman–Crippen LogP) is 3.77. The highest BCUT2D eigenvalue weighted by molar-refractivity contribution is 7.92. The lowest BCUT2D eigenvalue weighted by atomic mass is 9.75. The topological polar surface area (TPSA) is 71.5 Å². The maximum absolute atomic E-state index is 13.5. The molecule has 1 aliphatic carbocycles. The van der Waals surface area contributed by atoms with Crippen LogP contribution in [0.5, 0.6) is 0 Å². The van der Waals surface area contributed by atoms with Gasteiger partial charge in [-0.15, -0.1) is 0 Å². The van der Waals surface area contributed by atoms with E-state index in [0.717, 1.165) is 18.6 Å². The molecule has 29 heavy (non-hydrogen) atoms. The molecule has 0 aromatic heterocycles. The quantitative estimate of drug-likeness (QED) is 0.653.